The molecule has 1 unspecified atom stereocenters. The lowest BCUT2D eigenvalue weighted by Gasteiger charge is -2.19. The van der Waals surface area contributed by atoms with Gasteiger partial charge in [-0.1, -0.05) is 60.7 Å². The number of hydrogen-bond donors (Lipinski definition) is 5. The minimum atomic E-state index is -1.31. The van der Waals surface area contributed by atoms with Crippen LogP contribution in [-0.4, -0.2) is 10.2 Å². The zero-order chi connectivity index (χ0) is 20.4. The van der Waals surface area contributed by atoms with Gasteiger partial charge in [0.2, 0.25) is 0 Å². The summed E-state index contributed by atoms with van der Waals surface area (Å²) in [7, 11) is 0. The first-order valence-electron chi connectivity index (χ1n) is 9.92. The van der Waals surface area contributed by atoms with E-state index in [4.69, 9.17) is 17.2 Å². The summed E-state index contributed by atoms with van der Waals surface area (Å²) in [5.74, 6) is 0.0363. The third kappa shape index (κ3) is 4.24. The SMILES string of the molecule is Cc1c(NCc2ccc(C(N)(N)N)cc2)n[nH]c1C1=CC(c2ccccc2)CC1. The largest absolute Gasteiger partial charge is 0.364 e. The predicted octanol–water partition coefficient (Wildman–Crippen LogP) is 3.28. The number of nitrogens with zero attached hydrogens (tertiary/aromatic N) is 1. The molecule has 1 atom stereocenters. The van der Waals surface area contributed by atoms with Crippen LogP contribution in [0.1, 0.15) is 46.7 Å². The van der Waals surface area contributed by atoms with Crippen molar-refractivity contribution in [3.05, 3.63) is 88.6 Å². The summed E-state index contributed by atoms with van der Waals surface area (Å²) in [6.07, 6.45) is 4.57. The van der Waals surface area contributed by atoms with Crippen molar-refractivity contribution >= 4 is 11.4 Å². The maximum absolute atomic E-state index is 5.72. The monoisotopic (exact) mass is 388 g/mol. The Morgan fingerprint density at radius 3 is 2.48 bits per heavy atom. The molecule has 0 spiro atoms. The molecule has 1 heterocycles. The van der Waals surface area contributed by atoms with Gasteiger partial charge in [-0.15, -0.1) is 0 Å². The van der Waals surface area contributed by atoms with E-state index in [1.54, 1.807) is 0 Å². The molecule has 1 aromatic heterocycles. The van der Waals surface area contributed by atoms with Gasteiger partial charge in [-0.05, 0) is 36.5 Å². The molecule has 0 saturated heterocycles. The zero-order valence-corrected chi connectivity index (χ0v) is 16.7. The van der Waals surface area contributed by atoms with Gasteiger partial charge in [-0.3, -0.25) is 22.3 Å². The van der Waals surface area contributed by atoms with Gasteiger partial charge in [0, 0.05) is 23.6 Å². The molecule has 1 aliphatic carbocycles. The number of rotatable bonds is 6. The maximum atomic E-state index is 5.72. The standard InChI is InChI=1S/C23H28N6/c1-15-21(19-10-9-18(13-19)17-5-3-2-4-6-17)28-29-22(15)27-14-16-7-11-20(12-8-16)23(24,25)26/h2-8,11-13,18H,9-10,14,24-26H2,1H3,(H2,27,28,29). The highest BCUT2D eigenvalue weighted by molar-refractivity contribution is 5.71. The molecular weight excluding hydrogens is 360 g/mol. The third-order valence-electron chi connectivity index (χ3n) is 5.60. The van der Waals surface area contributed by atoms with Crippen LogP contribution >= 0.6 is 0 Å². The lowest BCUT2D eigenvalue weighted by atomic mass is 9.99. The molecule has 0 aliphatic heterocycles. The lowest BCUT2D eigenvalue weighted by molar-refractivity contribution is 0.488. The van der Waals surface area contributed by atoms with Crippen LogP contribution in [-0.2, 0) is 12.3 Å². The van der Waals surface area contributed by atoms with Crippen LogP contribution in [0.4, 0.5) is 5.82 Å². The van der Waals surface area contributed by atoms with Gasteiger partial charge in [0.25, 0.3) is 0 Å². The second-order valence-corrected chi connectivity index (χ2v) is 7.80. The summed E-state index contributed by atoms with van der Waals surface area (Å²) in [6, 6.07) is 18.3. The van der Waals surface area contributed by atoms with E-state index in [9.17, 15) is 0 Å². The molecule has 0 saturated carbocycles. The van der Waals surface area contributed by atoms with E-state index in [-0.39, 0.29) is 0 Å². The quantitative estimate of drug-likeness (QED) is 0.415. The van der Waals surface area contributed by atoms with Gasteiger partial charge >= 0.3 is 0 Å². The fourth-order valence-electron chi connectivity index (χ4n) is 3.87. The second kappa shape index (κ2) is 7.83. The molecular formula is C23H28N6. The fraction of sp³-hybridized carbons (Fsp3) is 0.261. The van der Waals surface area contributed by atoms with Gasteiger partial charge in [0.15, 0.2) is 5.82 Å². The number of aromatic nitrogens is 2. The highest BCUT2D eigenvalue weighted by Gasteiger charge is 2.22. The van der Waals surface area contributed by atoms with E-state index >= 15 is 0 Å². The number of H-pyrrole nitrogens is 1. The first-order valence-corrected chi connectivity index (χ1v) is 9.92. The van der Waals surface area contributed by atoms with Crippen LogP contribution in [0.25, 0.3) is 5.57 Å². The minimum absolute atomic E-state index is 0.476. The van der Waals surface area contributed by atoms with Gasteiger partial charge < -0.3 is 5.32 Å². The molecule has 2 aromatic carbocycles. The minimum Gasteiger partial charge on any atom is -0.364 e. The molecule has 8 N–H and O–H groups in total. The Hall–Kier alpha value is -2.93. The van der Waals surface area contributed by atoms with Gasteiger partial charge in [-0.2, -0.15) is 5.10 Å². The van der Waals surface area contributed by atoms with Crippen molar-refractivity contribution in [2.75, 3.05) is 5.32 Å². The molecule has 3 aromatic rings. The predicted molar refractivity (Wildman–Crippen MR) is 118 cm³/mol. The Morgan fingerprint density at radius 1 is 1.07 bits per heavy atom. The number of hydrogen-bond acceptors (Lipinski definition) is 5. The Bertz CT molecular complexity index is 996. The average molecular weight is 389 g/mol. The van der Waals surface area contributed by atoms with Gasteiger partial charge in [0.1, 0.15) is 5.79 Å². The number of aromatic amines is 1. The van der Waals surface area contributed by atoms with E-state index in [1.165, 1.54) is 11.1 Å². The van der Waals surface area contributed by atoms with Gasteiger partial charge in [0.05, 0.1) is 5.69 Å². The fourth-order valence-corrected chi connectivity index (χ4v) is 3.87. The molecule has 0 bridgehead atoms. The molecule has 29 heavy (non-hydrogen) atoms. The van der Waals surface area contributed by atoms with Crippen molar-refractivity contribution in [3.8, 4) is 0 Å². The maximum Gasteiger partial charge on any atom is 0.151 e. The number of benzene rings is 2. The molecule has 4 rings (SSSR count). The van der Waals surface area contributed by atoms with E-state index < -0.39 is 5.79 Å². The van der Waals surface area contributed by atoms with E-state index in [1.807, 2.05) is 24.3 Å². The van der Waals surface area contributed by atoms with Crippen molar-refractivity contribution in [2.24, 2.45) is 17.2 Å². The molecule has 0 fully saturated rings. The smallest absolute Gasteiger partial charge is 0.151 e. The molecule has 150 valence electrons. The molecule has 1 aliphatic rings. The number of anilines is 1. The van der Waals surface area contributed by atoms with Crippen LogP contribution in [0.2, 0.25) is 0 Å². The summed E-state index contributed by atoms with van der Waals surface area (Å²) in [5.41, 5.74) is 23.9. The van der Waals surface area contributed by atoms with Gasteiger partial charge in [-0.25, -0.2) is 0 Å². The number of allylic oxidation sites excluding steroid dienone is 2. The Morgan fingerprint density at radius 2 is 1.79 bits per heavy atom. The van der Waals surface area contributed by atoms with Crippen LogP contribution in [0, 0.1) is 6.92 Å². The van der Waals surface area contributed by atoms with Crippen molar-refractivity contribution in [1.29, 1.82) is 0 Å². The Labute approximate surface area is 171 Å². The average Bonchev–Trinajstić information content (AvgIpc) is 3.33. The van der Waals surface area contributed by atoms with Crippen molar-refractivity contribution < 1.29 is 0 Å². The normalized spacial score (nSPS) is 16.7. The van der Waals surface area contributed by atoms with Crippen molar-refractivity contribution in [1.82, 2.24) is 10.2 Å². The summed E-state index contributed by atoms with van der Waals surface area (Å²) in [5, 5.41) is 11.1. The highest BCUT2D eigenvalue weighted by Crippen LogP contribution is 2.38. The molecule has 6 nitrogen and oxygen atoms in total. The molecule has 0 radical (unpaired) electrons. The second-order valence-electron chi connectivity index (χ2n) is 7.80. The zero-order valence-electron chi connectivity index (χ0n) is 16.7. The summed E-state index contributed by atoms with van der Waals surface area (Å²) >= 11 is 0. The van der Waals surface area contributed by atoms with E-state index in [0.29, 0.717) is 18.0 Å². The number of nitrogens with two attached hydrogens (primary N) is 3. The molecule has 6 heteroatoms. The van der Waals surface area contributed by atoms with Crippen LogP contribution in [0.5, 0.6) is 0 Å². The summed E-state index contributed by atoms with van der Waals surface area (Å²) in [6.45, 7) is 2.76. The Balaban J connectivity index is 1.44. The summed E-state index contributed by atoms with van der Waals surface area (Å²) in [4.78, 5) is 0. The van der Waals surface area contributed by atoms with Crippen molar-refractivity contribution in [3.63, 3.8) is 0 Å². The third-order valence-corrected chi connectivity index (χ3v) is 5.60. The topological polar surface area (TPSA) is 119 Å². The van der Waals surface area contributed by atoms with Crippen LogP contribution < -0.4 is 22.5 Å². The highest BCUT2D eigenvalue weighted by atomic mass is 15.2. The first kappa shape index (κ1) is 19.4. The summed E-state index contributed by atoms with van der Waals surface area (Å²) < 4.78 is 0. The number of nitrogens with one attached hydrogen (secondary N) is 2. The van der Waals surface area contributed by atoms with Crippen molar-refractivity contribution in [2.45, 2.75) is 38.0 Å². The van der Waals surface area contributed by atoms with E-state index in [2.05, 4.69) is 58.8 Å². The lowest BCUT2D eigenvalue weighted by Crippen LogP contribution is -2.54. The van der Waals surface area contributed by atoms with Crippen LogP contribution in [0.15, 0.2) is 60.7 Å². The first-order chi connectivity index (χ1) is 13.9. The van der Waals surface area contributed by atoms with Crippen LogP contribution in [0.3, 0.4) is 0 Å². The molecule has 0 amide bonds. The van der Waals surface area contributed by atoms with E-state index in [0.717, 1.165) is 35.5 Å². The Kier molecular flexibility index (Phi) is 5.24.